The van der Waals surface area contributed by atoms with Crippen LogP contribution in [0.3, 0.4) is 0 Å². The average Bonchev–Trinajstić information content (AvgIpc) is 2.26. The molecular weight excluding hydrogens is 228 g/mol. The van der Waals surface area contributed by atoms with E-state index in [1.54, 1.807) is 0 Å². The van der Waals surface area contributed by atoms with E-state index in [0.717, 1.165) is 17.8 Å². The van der Waals surface area contributed by atoms with Crippen molar-refractivity contribution in [1.82, 2.24) is 0 Å². The van der Waals surface area contributed by atoms with Crippen molar-refractivity contribution in [3.05, 3.63) is 0 Å². The van der Waals surface area contributed by atoms with E-state index in [1.807, 2.05) is 0 Å². The molecule has 19 heavy (non-hydrogen) atoms. The van der Waals surface area contributed by atoms with Crippen molar-refractivity contribution >= 4 is 0 Å². The molecule has 0 bridgehead atoms. The van der Waals surface area contributed by atoms with Crippen LogP contribution >= 0.6 is 0 Å². The second-order valence-corrected chi connectivity index (χ2v) is 8.35. The highest BCUT2D eigenvalue weighted by molar-refractivity contribution is 4.67. The molecule has 0 aromatic carbocycles. The Labute approximate surface area is 123 Å². The summed E-state index contributed by atoms with van der Waals surface area (Å²) >= 11 is 0. The molecule has 0 heterocycles. The molecule has 3 atom stereocenters. The SMILES string of the molecule is CCC(C)CCCC(C)CCCC(C)CC(C)(C)C. The second-order valence-electron chi connectivity index (χ2n) is 8.35. The van der Waals surface area contributed by atoms with Crippen LogP contribution in [-0.2, 0) is 0 Å². The number of hydrogen-bond donors (Lipinski definition) is 0. The van der Waals surface area contributed by atoms with E-state index in [2.05, 4.69) is 48.5 Å². The van der Waals surface area contributed by atoms with Gasteiger partial charge in [-0.05, 0) is 29.6 Å². The van der Waals surface area contributed by atoms with Gasteiger partial charge in [-0.15, -0.1) is 0 Å². The van der Waals surface area contributed by atoms with Gasteiger partial charge in [-0.25, -0.2) is 0 Å². The Bertz CT molecular complexity index is 199. The highest BCUT2D eigenvalue weighted by Gasteiger charge is 2.15. The van der Waals surface area contributed by atoms with Crippen LogP contribution in [0.2, 0.25) is 0 Å². The summed E-state index contributed by atoms with van der Waals surface area (Å²) in [5.41, 5.74) is 0.501. The summed E-state index contributed by atoms with van der Waals surface area (Å²) in [6.45, 7) is 16.7. The first-order chi connectivity index (χ1) is 8.74. The molecule has 0 saturated carbocycles. The molecule has 0 amide bonds. The molecule has 0 aliphatic carbocycles. The zero-order valence-corrected chi connectivity index (χ0v) is 14.9. The quantitative estimate of drug-likeness (QED) is 0.397. The van der Waals surface area contributed by atoms with Gasteiger partial charge in [-0.1, -0.05) is 93.4 Å². The van der Waals surface area contributed by atoms with Crippen LogP contribution in [0.15, 0.2) is 0 Å². The highest BCUT2D eigenvalue weighted by atomic mass is 14.2. The van der Waals surface area contributed by atoms with Crippen LogP contribution in [0, 0.1) is 23.2 Å². The van der Waals surface area contributed by atoms with Crippen molar-refractivity contribution in [1.29, 1.82) is 0 Å². The van der Waals surface area contributed by atoms with Crippen LogP contribution in [0.5, 0.6) is 0 Å². The Kier molecular flexibility index (Phi) is 9.83. The lowest BCUT2D eigenvalue weighted by Crippen LogP contribution is -2.11. The minimum Gasteiger partial charge on any atom is -0.0651 e. The van der Waals surface area contributed by atoms with Crippen molar-refractivity contribution in [3.63, 3.8) is 0 Å². The summed E-state index contributed by atoms with van der Waals surface area (Å²) in [4.78, 5) is 0. The van der Waals surface area contributed by atoms with Gasteiger partial charge in [0.15, 0.2) is 0 Å². The van der Waals surface area contributed by atoms with Gasteiger partial charge in [-0.2, -0.15) is 0 Å². The first kappa shape index (κ1) is 19.0. The van der Waals surface area contributed by atoms with Crippen molar-refractivity contribution in [2.45, 2.75) is 99.8 Å². The summed E-state index contributed by atoms with van der Waals surface area (Å²) in [6.07, 6.45) is 11.3. The zero-order valence-electron chi connectivity index (χ0n) is 14.9. The molecule has 0 aromatic rings. The van der Waals surface area contributed by atoms with Gasteiger partial charge in [0, 0.05) is 0 Å². The Morgan fingerprint density at radius 1 is 0.684 bits per heavy atom. The predicted octanol–water partition coefficient (Wildman–Crippen LogP) is 7.08. The van der Waals surface area contributed by atoms with Crippen LogP contribution in [0.4, 0.5) is 0 Å². The third kappa shape index (κ3) is 12.8. The second kappa shape index (κ2) is 9.83. The Morgan fingerprint density at radius 2 is 1.11 bits per heavy atom. The summed E-state index contributed by atoms with van der Waals surface area (Å²) in [6, 6.07) is 0. The Balaban J connectivity index is 3.55. The zero-order chi connectivity index (χ0) is 14.9. The van der Waals surface area contributed by atoms with Crippen molar-refractivity contribution in [3.8, 4) is 0 Å². The molecule has 0 spiro atoms. The van der Waals surface area contributed by atoms with Gasteiger partial charge in [0.05, 0.1) is 0 Å². The third-order valence-corrected chi connectivity index (χ3v) is 4.45. The van der Waals surface area contributed by atoms with Crippen molar-refractivity contribution < 1.29 is 0 Å². The molecule has 0 aliphatic rings. The van der Waals surface area contributed by atoms with E-state index in [9.17, 15) is 0 Å². The van der Waals surface area contributed by atoms with E-state index in [0.29, 0.717) is 5.41 Å². The molecule has 3 unspecified atom stereocenters. The lowest BCUT2D eigenvalue weighted by atomic mass is 9.83. The minimum atomic E-state index is 0.501. The number of rotatable bonds is 10. The van der Waals surface area contributed by atoms with E-state index < -0.39 is 0 Å². The maximum Gasteiger partial charge on any atom is -0.0380 e. The molecule has 0 fully saturated rings. The summed E-state index contributed by atoms with van der Waals surface area (Å²) in [7, 11) is 0. The monoisotopic (exact) mass is 268 g/mol. The first-order valence-corrected chi connectivity index (χ1v) is 8.74. The molecular formula is C19H40. The fourth-order valence-corrected chi connectivity index (χ4v) is 3.13. The molecule has 0 aromatic heterocycles. The topological polar surface area (TPSA) is 0 Å². The van der Waals surface area contributed by atoms with Crippen LogP contribution in [0.25, 0.3) is 0 Å². The highest BCUT2D eigenvalue weighted by Crippen LogP contribution is 2.28. The van der Waals surface area contributed by atoms with Crippen molar-refractivity contribution in [2.75, 3.05) is 0 Å². The molecule has 116 valence electrons. The molecule has 0 rings (SSSR count). The first-order valence-electron chi connectivity index (χ1n) is 8.74. The standard InChI is InChI=1S/C19H40/c1-8-16(2)11-9-12-17(3)13-10-14-18(4)15-19(5,6)7/h16-18H,8-15H2,1-7H3. The predicted molar refractivity (Wildman–Crippen MR) is 89.6 cm³/mol. The van der Waals surface area contributed by atoms with Gasteiger partial charge in [-0.3, -0.25) is 0 Å². The molecule has 0 radical (unpaired) electrons. The molecule has 0 heteroatoms. The average molecular weight is 269 g/mol. The van der Waals surface area contributed by atoms with Gasteiger partial charge < -0.3 is 0 Å². The van der Waals surface area contributed by atoms with Crippen LogP contribution in [-0.4, -0.2) is 0 Å². The summed E-state index contributed by atoms with van der Waals surface area (Å²) < 4.78 is 0. The molecule has 0 saturated heterocycles. The van der Waals surface area contributed by atoms with Gasteiger partial charge in [0.25, 0.3) is 0 Å². The smallest absolute Gasteiger partial charge is 0.0380 e. The number of hydrogen-bond acceptors (Lipinski definition) is 0. The van der Waals surface area contributed by atoms with E-state index in [-0.39, 0.29) is 0 Å². The van der Waals surface area contributed by atoms with E-state index in [1.165, 1.54) is 51.4 Å². The van der Waals surface area contributed by atoms with Gasteiger partial charge >= 0.3 is 0 Å². The summed E-state index contributed by atoms with van der Waals surface area (Å²) in [5, 5.41) is 0. The van der Waals surface area contributed by atoms with Crippen molar-refractivity contribution in [2.24, 2.45) is 23.2 Å². The van der Waals surface area contributed by atoms with E-state index >= 15 is 0 Å². The van der Waals surface area contributed by atoms with Gasteiger partial charge in [0.1, 0.15) is 0 Å². The lowest BCUT2D eigenvalue weighted by Gasteiger charge is -2.23. The maximum absolute atomic E-state index is 2.45. The largest absolute Gasteiger partial charge is 0.0651 e. The molecule has 0 nitrogen and oxygen atoms in total. The van der Waals surface area contributed by atoms with E-state index in [4.69, 9.17) is 0 Å². The Hall–Kier alpha value is 0. The Morgan fingerprint density at radius 3 is 1.53 bits per heavy atom. The van der Waals surface area contributed by atoms with Crippen LogP contribution < -0.4 is 0 Å². The third-order valence-electron chi connectivity index (χ3n) is 4.45. The van der Waals surface area contributed by atoms with Crippen LogP contribution in [0.1, 0.15) is 99.8 Å². The van der Waals surface area contributed by atoms with Gasteiger partial charge in [0.2, 0.25) is 0 Å². The minimum absolute atomic E-state index is 0.501. The molecule has 0 N–H and O–H groups in total. The lowest BCUT2D eigenvalue weighted by molar-refractivity contribution is 0.286. The fourth-order valence-electron chi connectivity index (χ4n) is 3.13. The fraction of sp³-hybridized carbons (Fsp3) is 1.00. The molecule has 0 aliphatic heterocycles. The summed E-state index contributed by atoms with van der Waals surface area (Å²) in [5.74, 6) is 2.76. The normalized spacial score (nSPS) is 17.2. The maximum atomic E-state index is 2.45.